The first kappa shape index (κ1) is 13.6. The molecule has 3 aromatic rings. The smallest absolute Gasteiger partial charge is 0.175 e. The van der Waals surface area contributed by atoms with E-state index < -0.39 is 0 Å². The minimum Gasteiger partial charge on any atom is -0.342 e. The number of nitrogens with zero attached hydrogens (tertiary/aromatic N) is 1. The lowest BCUT2D eigenvalue weighted by molar-refractivity contribution is 1.00. The van der Waals surface area contributed by atoms with Crippen LogP contribution in [-0.4, -0.2) is 15.1 Å². The summed E-state index contributed by atoms with van der Waals surface area (Å²) >= 11 is 5.32. The molecule has 0 fully saturated rings. The van der Waals surface area contributed by atoms with Gasteiger partial charge in [0.2, 0.25) is 0 Å². The lowest BCUT2D eigenvalue weighted by Crippen LogP contribution is -2.18. The zero-order valence-corrected chi connectivity index (χ0v) is 12.5. The van der Waals surface area contributed by atoms with E-state index in [0.717, 1.165) is 34.7 Å². The highest BCUT2D eigenvalue weighted by Gasteiger charge is 2.04. The number of benzene rings is 2. The fourth-order valence-corrected chi connectivity index (χ4v) is 2.36. The number of thiocarbonyl (C=S) groups is 1. The van der Waals surface area contributed by atoms with Gasteiger partial charge in [0, 0.05) is 17.8 Å². The summed E-state index contributed by atoms with van der Waals surface area (Å²) in [6.45, 7) is 2.08. The third-order valence-corrected chi connectivity index (χ3v) is 3.36. The van der Waals surface area contributed by atoms with E-state index in [1.54, 1.807) is 0 Å². The van der Waals surface area contributed by atoms with Gasteiger partial charge in [-0.2, -0.15) is 0 Å². The average Bonchev–Trinajstić information content (AvgIpc) is 2.90. The Morgan fingerprint density at radius 3 is 2.62 bits per heavy atom. The van der Waals surface area contributed by atoms with Crippen molar-refractivity contribution in [3.8, 4) is 0 Å². The van der Waals surface area contributed by atoms with Gasteiger partial charge in [0.05, 0.1) is 11.0 Å². The quantitative estimate of drug-likeness (QED) is 0.641. The first-order valence-electron chi connectivity index (χ1n) is 6.86. The Morgan fingerprint density at radius 2 is 1.86 bits per heavy atom. The molecule has 21 heavy (non-hydrogen) atoms. The number of para-hydroxylation sites is 1. The third kappa shape index (κ3) is 3.20. The largest absolute Gasteiger partial charge is 0.342 e. The number of aryl methyl sites for hydroxylation is 1. The number of anilines is 2. The summed E-state index contributed by atoms with van der Waals surface area (Å²) in [5.74, 6) is 0.993. The molecule has 4 nitrogen and oxygen atoms in total. The molecular weight excluding hydrogens is 280 g/mol. The number of aromatic amines is 1. The lowest BCUT2D eigenvalue weighted by Gasteiger charge is -2.10. The Kier molecular flexibility index (Phi) is 3.83. The first-order chi connectivity index (χ1) is 10.2. The van der Waals surface area contributed by atoms with Gasteiger partial charge in [-0.05, 0) is 42.5 Å². The molecule has 0 saturated heterocycles. The highest BCUT2D eigenvalue weighted by molar-refractivity contribution is 7.80. The van der Waals surface area contributed by atoms with Crippen LogP contribution in [0.3, 0.4) is 0 Å². The molecule has 1 heterocycles. The minimum absolute atomic E-state index is 0.566. The van der Waals surface area contributed by atoms with Crippen LogP contribution in [0.1, 0.15) is 12.7 Å². The van der Waals surface area contributed by atoms with Crippen LogP contribution in [-0.2, 0) is 6.42 Å². The Balaban J connectivity index is 1.73. The van der Waals surface area contributed by atoms with Crippen LogP contribution < -0.4 is 10.6 Å². The fourth-order valence-electron chi connectivity index (χ4n) is 2.12. The molecule has 2 aromatic carbocycles. The summed E-state index contributed by atoms with van der Waals surface area (Å²) in [6, 6.07) is 15.8. The van der Waals surface area contributed by atoms with Crippen molar-refractivity contribution in [2.45, 2.75) is 13.3 Å². The molecule has 3 rings (SSSR count). The number of imidazole rings is 1. The molecule has 0 saturated carbocycles. The summed E-state index contributed by atoms with van der Waals surface area (Å²) in [6.07, 6.45) is 0.894. The lowest BCUT2D eigenvalue weighted by atomic mass is 10.3. The van der Waals surface area contributed by atoms with Crippen LogP contribution in [0.25, 0.3) is 11.0 Å². The normalized spacial score (nSPS) is 10.5. The zero-order valence-electron chi connectivity index (χ0n) is 11.7. The number of fused-ring (bicyclic) bond motifs is 1. The van der Waals surface area contributed by atoms with Gasteiger partial charge in [-0.15, -0.1) is 0 Å². The van der Waals surface area contributed by atoms with Crippen molar-refractivity contribution in [2.24, 2.45) is 0 Å². The van der Waals surface area contributed by atoms with E-state index in [2.05, 4.69) is 27.5 Å². The molecule has 0 amide bonds. The van der Waals surface area contributed by atoms with Gasteiger partial charge in [0.25, 0.3) is 0 Å². The molecule has 3 N–H and O–H groups in total. The highest BCUT2D eigenvalue weighted by atomic mass is 32.1. The van der Waals surface area contributed by atoms with Gasteiger partial charge < -0.3 is 15.6 Å². The molecule has 0 bridgehead atoms. The maximum atomic E-state index is 5.32. The van der Waals surface area contributed by atoms with Crippen LogP contribution in [0.15, 0.2) is 48.5 Å². The van der Waals surface area contributed by atoms with E-state index in [1.165, 1.54) is 0 Å². The Morgan fingerprint density at radius 1 is 1.10 bits per heavy atom. The average molecular weight is 296 g/mol. The predicted molar refractivity (Wildman–Crippen MR) is 91.8 cm³/mol. The van der Waals surface area contributed by atoms with E-state index in [0.29, 0.717) is 5.11 Å². The number of hydrogen-bond acceptors (Lipinski definition) is 2. The number of H-pyrrole nitrogens is 1. The molecule has 0 aliphatic rings. The number of rotatable bonds is 3. The van der Waals surface area contributed by atoms with Gasteiger partial charge in [0.1, 0.15) is 5.82 Å². The molecule has 0 unspecified atom stereocenters. The fraction of sp³-hybridized carbons (Fsp3) is 0.125. The first-order valence-corrected chi connectivity index (χ1v) is 7.27. The zero-order chi connectivity index (χ0) is 14.7. The maximum absolute atomic E-state index is 5.32. The molecule has 0 atom stereocenters. The van der Waals surface area contributed by atoms with Gasteiger partial charge in [-0.25, -0.2) is 4.98 Å². The number of aromatic nitrogens is 2. The Bertz CT molecular complexity index is 764. The second-order valence-corrected chi connectivity index (χ2v) is 5.12. The van der Waals surface area contributed by atoms with E-state index >= 15 is 0 Å². The summed E-state index contributed by atoms with van der Waals surface area (Å²) in [7, 11) is 0. The van der Waals surface area contributed by atoms with Gasteiger partial charge in [-0.1, -0.05) is 25.1 Å². The van der Waals surface area contributed by atoms with Crippen molar-refractivity contribution in [3.63, 3.8) is 0 Å². The van der Waals surface area contributed by atoms with Gasteiger partial charge in [0.15, 0.2) is 5.11 Å². The molecule has 5 heteroatoms. The van der Waals surface area contributed by atoms with Crippen LogP contribution in [0.4, 0.5) is 11.4 Å². The van der Waals surface area contributed by atoms with Crippen LogP contribution in [0, 0.1) is 0 Å². The van der Waals surface area contributed by atoms with Gasteiger partial charge >= 0.3 is 0 Å². The second-order valence-electron chi connectivity index (χ2n) is 4.71. The molecule has 106 valence electrons. The molecular formula is C16H16N4S. The van der Waals surface area contributed by atoms with Crippen molar-refractivity contribution in [1.29, 1.82) is 0 Å². The number of nitrogens with one attached hydrogen (secondary N) is 3. The van der Waals surface area contributed by atoms with Crippen LogP contribution >= 0.6 is 12.2 Å². The van der Waals surface area contributed by atoms with Crippen molar-refractivity contribution in [2.75, 3.05) is 10.6 Å². The standard InChI is InChI=1S/C16H16N4S/c1-2-15-19-13-9-8-12(10-14(13)20-15)18-16(21)17-11-6-4-3-5-7-11/h3-10H,2H2,1H3,(H,19,20)(H2,17,18,21). The molecule has 0 aliphatic heterocycles. The molecule has 0 radical (unpaired) electrons. The molecule has 1 aromatic heterocycles. The van der Waals surface area contributed by atoms with Crippen molar-refractivity contribution in [3.05, 3.63) is 54.4 Å². The SMILES string of the molecule is CCc1nc2ccc(NC(=S)Nc3ccccc3)cc2[nH]1. The van der Waals surface area contributed by atoms with Crippen molar-refractivity contribution in [1.82, 2.24) is 9.97 Å². The number of hydrogen-bond donors (Lipinski definition) is 3. The van der Waals surface area contributed by atoms with Crippen molar-refractivity contribution >= 4 is 39.7 Å². The second kappa shape index (κ2) is 5.93. The summed E-state index contributed by atoms with van der Waals surface area (Å²) in [5.41, 5.74) is 3.88. The van der Waals surface area contributed by atoms with Crippen molar-refractivity contribution < 1.29 is 0 Å². The third-order valence-electron chi connectivity index (χ3n) is 3.16. The monoisotopic (exact) mass is 296 g/mol. The summed E-state index contributed by atoms with van der Waals surface area (Å²) in [5, 5.41) is 6.90. The van der Waals surface area contributed by atoms with Crippen LogP contribution in [0.5, 0.6) is 0 Å². The Labute approximate surface area is 128 Å². The van der Waals surface area contributed by atoms with E-state index in [9.17, 15) is 0 Å². The van der Waals surface area contributed by atoms with E-state index in [1.807, 2.05) is 48.5 Å². The minimum atomic E-state index is 0.566. The van der Waals surface area contributed by atoms with E-state index in [-0.39, 0.29) is 0 Å². The summed E-state index contributed by atoms with van der Waals surface area (Å²) < 4.78 is 0. The predicted octanol–water partition coefficient (Wildman–Crippen LogP) is 3.93. The maximum Gasteiger partial charge on any atom is 0.175 e. The highest BCUT2D eigenvalue weighted by Crippen LogP contribution is 2.18. The summed E-state index contributed by atoms with van der Waals surface area (Å²) in [4.78, 5) is 7.78. The van der Waals surface area contributed by atoms with E-state index in [4.69, 9.17) is 12.2 Å². The van der Waals surface area contributed by atoms with Gasteiger partial charge in [-0.3, -0.25) is 0 Å². The molecule has 0 aliphatic carbocycles. The van der Waals surface area contributed by atoms with Crippen LogP contribution in [0.2, 0.25) is 0 Å². The topological polar surface area (TPSA) is 52.7 Å². The Hall–Kier alpha value is -2.40. The molecule has 0 spiro atoms.